The first-order chi connectivity index (χ1) is 9.69. The molecule has 0 spiro atoms. The topological polar surface area (TPSA) is 83.9 Å². The maximum absolute atomic E-state index is 11.0. The highest BCUT2D eigenvalue weighted by atomic mass is 32.1. The fourth-order valence-electron chi connectivity index (χ4n) is 2.85. The van der Waals surface area contributed by atoms with Crippen molar-refractivity contribution in [3.63, 3.8) is 0 Å². The van der Waals surface area contributed by atoms with Gasteiger partial charge in [0.25, 0.3) is 0 Å². The molecule has 3 heterocycles. The molecule has 0 aliphatic carbocycles. The van der Waals surface area contributed by atoms with Crippen LogP contribution in [0.2, 0.25) is 0 Å². The minimum absolute atomic E-state index is 0.0194. The maximum atomic E-state index is 11.0. The molecule has 108 valence electrons. The van der Waals surface area contributed by atoms with Gasteiger partial charge in [0.05, 0.1) is 12.3 Å². The number of thiazole rings is 1. The molecule has 2 aromatic rings. The lowest BCUT2D eigenvalue weighted by atomic mass is 9.93. The summed E-state index contributed by atoms with van der Waals surface area (Å²) in [5.41, 5.74) is 6.09. The van der Waals surface area contributed by atoms with Gasteiger partial charge >= 0.3 is 0 Å². The highest BCUT2D eigenvalue weighted by molar-refractivity contribution is 7.15. The Kier molecular flexibility index (Phi) is 3.62. The van der Waals surface area contributed by atoms with Gasteiger partial charge in [-0.2, -0.15) is 0 Å². The number of carbonyl (C=O) groups is 1. The van der Waals surface area contributed by atoms with E-state index in [-0.39, 0.29) is 12.5 Å². The van der Waals surface area contributed by atoms with Gasteiger partial charge in [0.15, 0.2) is 10.8 Å². The Bertz CT molecular complexity index is 613. The van der Waals surface area contributed by atoms with Crippen LogP contribution >= 0.6 is 11.3 Å². The average Bonchev–Trinajstić information content (AvgIpc) is 2.98. The smallest absolute Gasteiger partial charge is 0.217 e. The Balaban J connectivity index is 1.76. The van der Waals surface area contributed by atoms with E-state index in [0.29, 0.717) is 12.3 Å². The van der Waals surface area contributed by atoms with Crippen molar-refractivity contribution in [2.24, 2.45) is 11.7 Å². The first-order valence-corrected chi connectivity index (χ1v) is 7.65. The third-order valence-electron chi connectivity index (χ3n) is 3.89. The van der Waals surface area contributed by atoms with Crippen LogP contribution in [-0.2, 0) is 11.4 Å². The number of piperidine rings is 1. The van der Waals surface area contributed by atoms with Gasteiger partial charge < -0.3 is 15.7 Å². The van der Waals surface area contributed by atoms with E-state index in [0.717, 1.165) is 42.4 Å². The lowest BCUT2D eigenvalue weighted by Gasteiger charge is -2.32. The molecular weight excluding hydrogens is 276 g/mol. The van der Waals surface area contributed by atoms with Crippen molar-refractivity contribution in [2.45, 2.75) is 25.9 Å². The summed E-state index contributed by atoms with van der Waals surface area (Å²) in [6, 6.07) is 0. The van der Waals surface area contributed by atoms with Gasteiger partial charge in [0.1, 0.15) is 0 Å². The van der Waals surface area contributed by atoms with E-state index in [1.165, 1.54) is 0 Å². The SMILES string of the molecule is NC(=O)CC1CCN(c2nc3sccn3c2CO)CC1. The van der Waals surface area contributed by atoms with Crippen LogP contribution in [0.3, 0.4) is 0 Å². The van der Waals surface area contributed by atoms with Gasteiger partial charge in [-0.05, 0) is 18.8 Å². The number of aromatic nitrogens is 2. The van der Waals surface area contributed by atoms with Crippen molar-refractivity contribution in [1.29, 1.82) is 0 Å². The van der Waals surface area contributed by atoms with Gasteiger partial charge in [-0.15, -0.1) is 11.3 Å². The van der Waals surface area contributed by atoms with E-state index in [1.807, 2.05) is 16.0 Å². The van der Waals surface area contributed by atoms with Crippen molar-refractivity contribution >= 4 is 28.0 Å². The molecule has 1 aliphatic rings. The second kappa shape index (κ2) is 5.41. The Morgan fingerprint density at radius 3 is 2.90 bits per heavy atom. The zero-order valence-electron chi connectivity index (χ0n) is 11.2. The number of nitrogens with two attached hydrogens (primary N) is 1. The zero-order valence-corrected chi connectivity index (χ0v) is 12.0. The molecule has 0 aromatic carbocycles. The van der Waals surface area contributed by atoms with E-state index < -0.39 is 0 Å². The van der Waals surface area contributed by atoms with E-state index in [4.69, 9.17) is 5.73 Å². The number of nitrogens with zero attached hydrogens (tertiary/aromatic N) is 3. The molecule has 6 nitrogen and oxygen atoms in total. The zero-order chi connectivity index (χ0) is 14.1. The van der Waals surface area contributed by atoms with Gasteiger partial charge in [-0.25, -0.2) is 4.98 Å². The number of fused-ring (bicyclic) bond motifs is 1. The highest BCUT2D eigenvalue weighted by Gasteiger charge is 2.25. The molecule has 20 heavy (non-hydrogen) atoms. The first-order valence-electron chi connectivity index (χ1n) is 6.77. The predicted octanol–water partition coefficient (Wildman–Crippen LogP) is 0.980. The molecule has 7 heteroatoms. The third-order valence-corrected chi connectivity index (χ3v) is 4.65. The monoisotopic (exact) mass is 294 g/mol. The first kappa shape index (κ1) is 13.4. The summed E-state index contributed by atoms with van der Waals surface area (Å²) in [4.78, 5) is 18.7. The minimum atomic E-state index is -0.220. The number of aliphatic hydroxyl groups excluding tert-OH is 1. The predicted molar refractivity (Wildman–Crippen MR) is 77.7 cm³/mol. The second-order valence-corrected chi connectivity index (χ2v) is 6.07. The fourth-order valence-corrected chi connectivity index (χ4v) is 3.58. The van der Waals surface area contributed by atoms with Gasteiger partial charge in [0.2, 0.25) is 5.91 Å². The van der Waals surface area contributed by atoms with Crippen LogP contribution in [0.25, 0.3) is 4.96 Å². The fraction of sp³-hybridized carbons (Fsp3) is 0.538. The normalized spacial score (nSPS) is 16.9. The van der Waals surface area contributed by atoms with Crippen molar-refractivity contribution in [3.8, 4) is 0 Å². The highest BCUT2D eigenvalue weighted by Crippen LogP contribution is 2.29. The average molecular weight is 294 g/mol. The Labute approximate surface area is 120 Å². The summed E-state index contributed by atoms with van der Waals surface area (Å²) < 4.78 is 1.94. The van der Waals surface area contributed by atoms with Gasteiger partial charge in [-0.1, -0.05) is 0 Å². The summed E-state index contributed by atoms with van der Waals surface area (Å²) in [6.45, 7) is 1.69. The van der Waals surface area contributed by atoms with Crippen LogP contribution in [0.15, 0.2) is 11.6 Å². The van der Waals surface area contributed by atoms with Crippen LogP contribution in [-0.4, -0.2) is 33.5 Å². The van der Waals surface area contributed by atoms with Crippen LogP contribution in [0, 0.1) is 5.92 Å². The van der Waals surface area contributed by atoms with Crippen molar-refractivity contribution in [2.75, 3.05) is 18.0 Å². The molecule has 1 saturated heterocycles. The number of aliphatic hydroxyl groups is 1. The standard InChI is InChI=1S/C13H18N4O2S/c14-11(19)7-9-1-3-16(4-2-9)12-10(8-18)17-5-6-20-13(17)15-12/h5-6,9,18H,1-4,7-8H2,(H2,14,19). The number of primary amides is 1. The van der Waals surface area contributed by atoms with E-state index >= 15 is 0 Å². The van der Waals surface area contributed by atoms with E-state index in [2.05, 4.69) is 9.88 Å². The van der Waals surface area contributed by atoms with Crippen molar-refractivity contribution < 1.29 is 9.90 Å². The number of amides is 1. The summed E-state index contributed by atoms with van der Waals surface area (Å²) in [6.07, 6.45) is 4.29. The Morgan fingerprint density at radius 2 is 2.25 bits per heavy atom. The minimum Gasteiger partial charge on any atom is -0.390 e. The molecule has 0 unspecified atom stereocenters. The van der Waals surface area contributed by atoms with Crippen LogP contribution < -0.4 is 10.6 Å². The number of rotatable bonds is 4. The van der Waals surface area contributed by atoms with Gasteiger partial charge in [-0.3, -0.25) is 9.20 Å². The van der Waals surface area contributed by atoms with Crippen molar-refractivity contribution in [1.82, 2.24) is 9.38 Å². The Hall–Kier alpha value is -1.60. The summed E-state index contributed by atoms with van der Waals surface area (Å²) in [5.74, 6) is 1.03. The molecule has 0 bridgehead atoms. The van der Waals surface area contributed by atoms with Crippen LogP contribution in [0.1, 0.15) is 25.0 Å². The lowest BCUT2D eigenvalue weighted by Crippen LogP contribution is -2.35. The van der Waals surface area contributed by atoms with E-state index in [1.54, 1.807) is 11.3 Å². The van der Waals surface area contributed by atoms with Gasteiger partial charge in [0, 0.05) is 31.1 Å². The summed E-state index contributed by atoms with van der Waals surface area (Å²) in [7, 11) is 0. The number of hydrogen-bond donors (Lipinski definition) is 2. The second-order valence-electron chi connectivity index (χ2n) is 5.20. The third kappa shape index (κ3) is 2.38. The lowest BCUT2D eigenvalue weighted by molar-refractivity contribution is -0.119. The molecule has 1 fully saturated rings. The molecule has 1 aliphatic heterocycles. The molecule has 3 rings (SSSR count). The van der Waals surface area contributed by atoms with Crippen LogP contribution in [0.5, 0.6) is 0 Å². The Morgan fingerprint density at radius 1 is 1.50 bits per heavy atom. The molecule has 1 amide bonds. The number of carbonyl (C=O) groups excluding carboxylic acids is 1. The quantitative estimate of drug-likeness (QED) is 0.880. The molecule has 2 aromatic heterocycles. The molecule has 0 radical (unpaired) electrons. The van der Waals surface area contributed by atoms with E-state index in [9.17, 15) is 9.90 Å². The largest absolute Gasteiger partial charge is 0.390 e. The maximum Gasteiger partial charge on any atom is 0.217 e. The number of imidazole rings is 1. The number of anilines is 1. The summed E-state index contributed by atoms with van der Waals surface area (Å²) >= 11 is 1.56. The number of hydrogen-bond acceptors (Lipinski definition) is 5. The molecule has 0 atom stereocenters. The molecular formula is C13H18N4O2S. The molecule has 3 N–H and O–H groups in total. The van der Waals surface area contributed by atoms with Crippen LogP contribution in [0.4, 0.5) is 5.82 Å². The molecule has 0 saturated carbocycles. The van der Waals surface area contributed by atoms with Crippen molar-refractivity contribution in [3.05, 3.63) is 17.3 Å². The summed E-state index contributed by atoms with van der Waals surface area (Å²) in [5, 5.41) is 11.5.